The highest BCUT2D eigenvalue weighted by atomic mass is 32.1. The zero-order chi connectivity index (χ0) is 41.4. The van der Waals surface area contributed by atoms with Crippen LogP contribution in [0, 0.1) is 0 Å². The van der Waals surface area contributed by atoms with E-state index in [9.17, 15) is 0 Å². The van der Waals surface area contributed by atoms with E-state index in [0.717, 1.165) is 17.1 Å². The molecule has 0 bridgehead atoms. The Morgan fingerprint density at radius 1 is 0.302 bits per heavy atom. The number of nitrogens with zero attached hydrogens (tertiary/aromatic N) is 1. The van der Waals surface area contributed by atoms with E-state index in [4.69, 9.17) is 0 Å². The monoisotopic (exact) mass is 835 g/mol. The van der Waals surface area contributed by atoms with Crippen LogP contribution in [0.2, 0.25) is 0 Å². The lowest BCUT2D eigenvalue weighted by atomic mass is 9.87. The second-order valence-corrected chi connectivity index (χ2v) is 18.5. The van der Waals surface area contributed by atoms with Gasteiger partial charge in [-0.2, -0.15) is 0 Å². The molecule has 0 saturated carbocycles. The van der Waals surface area contributed by atoms with Gasteiger partial charge in [-0.15, -0.1) is 22.7 Å². The Hall–Kier alpha value is -7.56. The standard InChI is InChI=1S/C60H37NS2/c1-2-20-42-38(16-1)17-14-28-49(42)58-50-26-5-3-21-43(50)44-22-4-6-27-51(44)59(58)61(41-19-13-18-39(36-41)40-34-35-48-46-24-8-11-32-55(46)62-57(48)37-40)54-31-10-7-23-45(54)52-29-15-30-53-47-25-9-12-33-56(47)63-60(52)53/h1-37H. The molecule has 1 nitrogen and oxygen atoms in total. The molecule has 13 rings (SSSR count). The van der Waals surface area contributed by atoms with Crippen LogP contribution < -0.4 is 4.90 Å². The molecule has 0 unspecified atom stereocenters. The van der Waals surface area contributed by atoms with Crippen molar-refractivity contribution in [1.82, 2.24) is 0 Å². The molecule has 63 heavy (non-hydrogen) atoms. The van der Waals surface area contributed by atoms with Crippen LogP contribution in [0.1, 0.15) is 0 Å². The van der Waals surface area contributed by atoms with Crippen LogP contribution in [0.25, 0.3) is 106 Å². The van der Waals surface area contributed by atoms with Crippen molar-refractivity contribution >= 4 is 112 Å². The molecule has 3 heteroatoms. The number of hydrogen-bond acceptors (Lipinski definition) is 3. The van der Waals surface area contributed by atoms with Gasteiger partial charge >= 0.3 is 0 Å². The molecular formula is C60H37NS2. The Morgan fingerprint density at radius 2 is 0.841 bits per heavy atom. The first-order chi connectivity index (χ1) is 31.3. The third-order valence-electron chi connectivity index (χ3n) is 12.8. The van der Waals surface area contributed by atoms with Gasteiger partial charge in [0.25, 0.3) is 0 Å². The predicted octanol–water partition coefficient (Wildman–Crippen LogP) is 18.4. The maximum absolute atomic E-state index is 2.58. The van der Waals surface area contributed by atoms with Gasteiger partial charge in [-0.1, -0.05) is 188 Å². The molecule has 0 fully saturated rings. The van der Waals surface area contributed by atoms with Crippen molar-refractivity contribution in [2.24, 2.45) is 0 Å². The molecule has 0 amide bonds. The summed E-state index contributed by atoms with van der Waals surface area (Å²) in [6, 6.07) is 83.2. The number of rotatable bonds is 6. The van der Waals surface area contributed by atoms with Crippen LogP contribution in [0.4, 0.5) is 17.1 Å². The summed E-state index contributed by atoms with van der Waals surface area (Å²) in [5.74, 6) is 0. The topological polar surface area (TPSA) is 3.24 Å². The molecule has 0 radical (unpaired) electrons. The normalized spacial score (nSPS) is 11.8. The van der Waals surface area contributed by atoms with Crippen molar-refractivity contribution < 1.29 is 0 Å². The molecule has 11 aromatic carbocycles. The summed E-state index contributed by atoms with van der Waals surface area (Å²) in [7, 11) is 0. The number of para-hydroxylation sites is 1. The van der Waals surface area contributed by atoms with E-state index in [2.05, 4.69) is 229 Å². The zero-order valence-electron chi connectivity index (χ0n) is 34.1. The quantitative estimate of drug-likeness (QED) is 0.151. The maximum Gasteiger partial charge on any atom is 0.0625 e. The molecule has 0 spiro atoms. The minimum Gasteiger partial charge on any atom is -0.309 e. The van der Waals surface area contributed by atoms with Gasteiger partial charge in [-0.3, -0.25) is 0 Å². The van der Waals surface area contributed by atoms with Gasteiger partial charge < -0.3 is 4.90 Å². The molecule has 0 N–H and O–H groups in total. The van der Waals surface area contributed by atoms with Gasteiger partial charge in [-0.25, -0.2) is 0 Å². The van der Waals surface area contributed by atoms with Crippen molar-refractivity contribution in [1.29, 1.82) is 0 Å². The Kier molecular flexibility index (Phi) is 8.33. The second kappa shape index (κ2) is 14.5. The van der Waals surface area contributed by atoms with E-state index in [1.807, 2.05) is 22.7 Å². The smallest absolute Gasteiger partial charge is 0.0625 e. The molecule has 2 heterocycles. The largest absolute Gasteiger partial charge is 0.309 e. The fourth-order valence-corrected chi connectivity index (χ4v) is 12.4. The first-order valence-electron chi connectivity index (χ1n) is 21.5. The summed E-state index contributed by atoms with van der Waals surface area (Å²) < 4.78 is 5.22. The van der Waals surface area contributed by atoms with Gasteiger partial charge in [0, 0.05) is 68.1 Å². The van der Waals surface area contributed by atoms with Crippen molar-refractivity contribution in [2.75, 3.05) is 4.90 Å². The van der Waals surface area contributed by atoms with Crippen molar-refractivity contribution in [3.8, 4) is 33.4 Å². The SMILES string of the molecule is c1cc(-c2ccc3c(c2)sc2ccccc23)cc(N(c2ccccc2-c2cccc3c2sc2ccccc23)c2c(-c3cccc4ccccc34)c3ccccc3c3ccccc23)c1. The first-order valence-corrected chi connectivity index (χ1v) is 23.1. The van der Waals surface area contributed by atoms with Crippen LogP contribution in [0.3, 0.4) is 0 Å². The number of thiophene rings is 2. The Balaban J connectivity index is 1.15. The van der Waals surface area contributed by atoms with Gasteiger partial charge in [0.15, 0.2) is 0 Å². The third kappa shape index (κ3) is 5.74. The molecule has 0 aliphatic rings. The van der Waals surface area contributed by atoms with Crippen molar-refractivity contribution in [3.63, 3.8) is 0 Å². The van der Waals surface area contributed by atoms with E-state index >= 15 is 0 Å². The zero-order valence-corrected chi connectivity index (χ0v) is 35.8. The summed E-state index contributed by atoms with van der Waals surface area (Å²) in [6.07, 6.45) is 0. The minimum absolute atomic E-state index is 1.10. The molecule has 294 valence electrons. The highest BCUT2D eigenvalue weighted by molar-refractivity contribution is 7.26. The summed E-state index contributed by atoms with van der Waals surface area (Å²) in [6.45, 7) is 0. The van der Waals surface area contributed by atoms with Crippen molar-refractivity contribution in [2.45, 2.75) is 0 Å². The van der Waals surface area contributed by atoms with E-state index in [-0.39, 0.29) is 0 Å². The van der Waals surface area contributed by atoms with E-state index in [1.165, 1.54) is 106 Å². The summed E-state index contributed by atoms with van der Waals surface area (Å²) in [5.41, 5.74) is 10.6. The lowest BCUT2D eigenvalue weighted by Gasteiger charge is -2.32. The first kappa shape index (κ1) is 36.1. The lowest BCUT2D eigenvalue weighted by Crippen LogP contribution is -2.13. The van der Waals surface area contributed by atoms with Crippen LogP contribution >= 0.6 is 22.7 Å². The van der Waals surface area contributed by atoms with Gasteiger partial charge in [-0.05, 0) is 80.0 Å². The van der Waals surface area contributed by atoms with Crippen molar-refractivity contribution in [3.05, 3.63) is 224 Å². The summed E-state index contributed by atoms with van der Waals surface area (Å²) in [5, 5.41) is 12.6. The maximum atomic E-state index is 2.58. The molecule has 13 aromatic rings. The average Bonchev–Trinajstić information content (AvgIpc) is 3.93. The Bertz CT molecular complexity index is 3940. The Morgan fingerprint density at radius 3 is 1.68 bits per heavy atom. The Labute approximate surface area is 373 Å². The predicted molar refractivity (Wildman–Crippen MR) is 276 cm³/mol. The van der Waals surface area contributed by atoms with Gasteiger partial charge in [0.05, 0.1) is 11.4 Å². The molecular weight excluding hydrogens is 799 g/mol. The average molecular weight is 836 g/mol. The number of anilines is 3. The van der Waals surface area contributed by atoms with Crippen LogP contribution in [-0.2, 0) is 0 Å². The summed E-state index contributed by atoms with van der Waals surface area (Å²) >= 11 is 3.76. The third-order valence-corrected chi connectivity index (χ3v) is 15.2. The fraction of sp³-hybridized carbons (Fsp3) is 0. The lowest BCUT2D eigenvalue weighted by molar-refractivity contribution is 1.30. The molecule has 0 saturated heterocycles. The van der Waals surface area contributed by atoms with E-state index in [0.29, 0.717) is 0 Å². The van der Waals surface area contributed by atoms with E-state index < -0.39 is 0 Å². The molecule has 0 atom stereocenters. The second-order valence-electron chi connectivity index (χ2n) is 16.3. The number of fused-ring (bicyclic) bond motifs is 10. The highest BCUT2D eigenvalue weighted by Gasteiger charge is 2.27. The van der Waals surface area contributed by atoms with Crippen LogP contribution in [-0.4, -0.2) is 0 Å². The number of benzene rings is 11. The number of hydrogen-bond donors (Lipinski definition) is 0. The fourth-order valence-electron chi connectivity index (χ4n) is 10.0. The molecule has 0 aliphatic heterocycles. The van der Waals surface area contributed by atoms with Gasteiger partial charge in [0.1, 0.15) is 0 Å². The van der Waals surface area contributed by atoms with Crippen LogP contribution in [0.5, 0.6) is 0 Å². The van der Waals surface area contributed by atoms with E-state index in [1.54, 1.807) is 0 Å². The highest BCUT2D eigenvalue weighted by Crippen LogP contribution is 2.53. The molecule has 2 aromatic heterocycles. The summed E-state index contributed by atoms with van der Waals surface area (Å²) in [4.78, 5) is 2.58. The minimum atomic E-state index is 1.10. The molecule has 0 aliphatic carbocycles. The van der Waals surface area contributed by atoms with Gasteiger partial charge in [0.2, 0.25) is 0 Å². The van der Waals surface area contributed by atoms with Crippen LogP contribution in [0.15, 0.2) is 224 Å².